The monoisotopic (exact) mass is 253 g/mol. The molecule has 2 unspecified atom stereocenters. The zero-order valence-electron chi connectivity index (χ0n) is 11.3. The van der Waals surface area contributed by atoms with Gasteiger partial charge in [0.25, 0.3) is 5.91 Å². The molecule has 0 aliphatic carbocycles. The highest BCUT2D eigenvalue weighted by molar-refractivity contribution is 5.80. The van der Waals surface area contributed by atoms with Crippen molar-refractivity contribution in [2.24, 2.45) is 0 Å². The summed E-state index contributed by atoms with van der Waals surface area (Å²) < 4.78 is 19.0. The number of rotatable bonds is 5. The van der Waals surface area contributed by atoms with Gasteiger partial charge < -0.3 is 10.1 Å². The van der Waals surface area contributed by atoms with Crippen LogP contribution in [-0.4, -0.2) is 18.1 Å². The van der Waals surface area contributed by atoms with Crippen LogP contribution in [0.1, 0.15) is 32.8 Å². The predicted molar refractivity (Wildman–Crippen MR) is 69.1 cm³/mol. The fourth-order valence-corrected chi connectivity index (χ4v) is 1.42. The molecule has 1 rings (SSSR count). The largest absolute Gasteiger partial charge is 0.478 e. The Labute approximate surface area is 107 Å². The third-order valence-electron chi connectivity index (χ3n) is 2.83. The van der Waals surface area contributed by atoms with E-state index in [-0.39, 0.29) is 17.7 Å². The molecule has 1 aromatic carbocycles. The highest BCUT2D eigenvalue weighted by Crippen LogP contribution is 2.20. The summed E-state index contributed by atoms with van der Waals surface area (Å²) in [6, 6.07) is 4.97. The molecule has 18 heavy (non-hydrogen) atoms. The number of benzene rings is 1. The van der Waals surface area contributed by atoms with Crippen molar-refractivity contribution in [3.63, 3.8) is 0 Å². The van der Waals surface area contributed by atoms with E-state index in [0.29, 0.717) is 5.56 Å². The van der Waals surface area contributed by atoms with Crippen molar-refractivity contribution in [1.29, 1.82) is 0 Å². The summed E-state index contributed by atoms with van der Waals surface area (Å²) in [6.07, 6.45) is 0.132. The average molecular weight is 253 g/mol. The van der Waals surface area contributed by atoms with E-state index in [4.69, 9.17) is 4.74 Å². The van der Waals surface area contributed by atoms with Crippen molar-refractivity contribution < 1.29 is 13.9 Å². The first-order valence-electron chi connectivity index (χ1n) is 6.17. The average Bonchev–Trinajstić information content (AvgIpc) is 2.34. The first kappa shape index (κ1) is 14.5. The van der Waals surface area contributed by atoms with E-state index in [9.17, 15) is 9.18 Å². The smallest absolute Gasteiger partial charge is 0.260 e. The van der Waals surface area contributed by atoms with Crippen LogP contribution in [0, 0.1) is 12.7 Å². The second-order valence-corrected chi connectivity index (χ2v) is 4.46. The molecule has 0 bridgehead atoms. The Hall–Kier alpha value is -1.58. The molecular formula is C14H20FNO2. The molecular weight excluding hydrogens is 233 g/mol. The SMILES string of the molecule is CCC(C)NC(=O)C(C)Oc1cccc(C)c1F. The normalized spacial score (nSPS) is 13.8. The number of hydrogen-bond donors (Lipinski definition) is 1. The summed E-state index contributed by atoms with van der Waals surface area (Å²) in [5.74, 6) is -0.534. The minimum absolute atomic E-state index is 0.0888. The van der Waals surface area contributed by atoms with Crippen molar-refractivity contribution >= 4 is 5.91 Å². The number of nitrogens with one attached hydrogen (secondary N) is 1. The maximum atomic E-state index is 13.7. The minimum atomic E-state index is -0.713. The number of aryl methyl sites for hydroxylation is 1. The molecule has 3 nitrogen and oxygen atoms in total. The number of halogens is 1. The third-order valence-corrected chi connectivity index (χ3v) is 2.83. The highest BCUT2D eigenvalue weighted by Gasteiger charge is 2.18. The summed E-state index contributed by atoms with van der Waals surface area (Å²) in [4.78, 5) is 11.8. The van der Waals surface area contributed by atoms with Crippen molar-refractivity contribution in [2.45, 2.75) is 46.3 Å². The number of hydrogen-bond acceptors (Lipinski definition) is 2. The van der Waals surface area contributed by atoms with Crippen molar-refractivity contribution in [1.82, 2.24) is 5.32 Å². The molecule has 0 saturated heterocycles. The lowest BCUT2D eigenvalue weighted by Crippen LogP contribution is -2.41. The second-order valence-electron chi connectivity index (χ2n) is 4.46. The van der Waals surface area contributed by atoms with Crippen LogP contribution in [0.4, 0.5) is 4.39 Å². The molecule has 1 N–H and O–H groups in total. The van der Waals surface area contributed by atoms with Crippen LogP contribution in [0.2, 0.25) is 0 Å². The van der Waals surface area contributed by atoms with Crippen LogP contribution in [0.3, 0.4) is 0 Å². The first-order valence-corrected chi connectivity index (χ1v) is 6.17. The first-order chi connectivity index (χ1) is 8.45. The van der Waals surface area contributed by atoms with Crippen molar-refractivity contribution in [3.05, 3.63) is 29.6 Å². The van der Waals surface area contributed by atoms with Gasteiger partial charge in [0, 0.05) is 6.04 Å². The van der Waals surface area contributed by atoms with Crippen LogP contribution in [0.15, 0.2) is 18.2 Å². The summed E-state index contributed by atoms with van der Waals surface area (Å²) in [7, 11) is 0. The molecule has 0 spiro atoms. The quantitative estimate of drug-likeness (QED) is 0.876. The van der Waals surface area contributed by atoms with Gasteiger partial charge in [-0.25, -0.2) is 4.39 Å². The molecule has 0 aliphatic rings. The molecule has 4 heteroatoms. The summed E-state index contributed by atoms with van der Waals surface area (Å²) >= 11 is 0. The molecule has 0 heterocycles. The van der Waals surface area contributed by atoms with Crippen LogP contribution in [0.5, 0.6) is 5.75 Å². The summed E-state index contributed by atoms with van der Waals surface area (Å²) in [6.45, 7) is 7.17. The topological polar surface area (TPSA) is 38.3 Å². The van der Waals surface area contributed by atoms with Gasteiger partial charge in [-0.05, 0) is 38.8 Å². The molecule has 0 aliphatic heterocycles. The van der Waals surface area contributed by atoms with E-state index < -0.39 is 11.9 Å². The lowest BCUT2D eigenvalue weighted by atomic mass is 10.2. The van der Waals surface area contributed by atoms with Gasteiger partial charge in [0.2, 0.25) is 0 Å². The maximum absolute atomic E-state index is 13.7. The third kappa shape index (κ3) is 3.72. The molecule has 0 radical (unpaired) electrons. The fourth-order valence-electron chi connectivity index (χ4n) is 1.42. The lowest BCUT2D eigenvalue weighted by Gasteiger charge is -2.18. The van der Waals surface area contributed by atoms with Gasteiger partial charge in [-0.3, -0.25) is 4.79 Å². The zero-order chi connectivity index (χ0) is 13.7. The molecule has 2 atom stereocenters. The molecule has 100 valence electrons. The summed E-state index contributed by atoms with van der Waals surface area (Å²) in [5, 5.41) is 2.80. The Kier molecular flexibility index (Phi) is 5.13. The Morgan fingerprint density at radius 1 is 1.44 bits per heavy atom. The van der Waals surface area contributed by atoms with Gasteiger partial charge in [-0.1, -0.05) is 19.1 Å². The Morgan fingerprint density at radius 3 is 2.72 bits per heavy atom. The minimum Gasteiger partial charge on any atom is -0.478 e. The molecule has 1 amide bonds. The van der Waals surface area contributed by atoms with Crippen LogP contribution in [0.25, 0.3) is 0 Å². The van der Waals surface area contributed by atoms with Gasteiger partial charge in [0.05, 0.1) is 0 Å². The Bertz CT molecular complexity index is 420. The molecule has 0 aromatic heterocycles. The van der Waals surface area contributed by atoms with E-state index in [1.54, 1.807) is 26.0 Å². The highest BCUT2D eigenvalue weighted by atomic mass is 19.1. The van der Waals surface area contributed by atoms with Crippen LogP contribution < -0.4 is 10.1 Å². The van der Waals surface area contributed by atoms with Gasteiger partial charge >= 0.3 is 0 Å². The molecule has 0 fully saturated rings. The Morgan fingerprint density at radius 2 is 2.11 bits per heavy atom. The molecule has 0 saturated carbocycles. The Balaban J connectivity index is 2.67. The van der Waals surface area contributed by atoms with E-state index in [1.165, 1.54) is 6.07 Å². The lowest BCUT2D eigenvalue weighted by molar-refractivity contribution is -0.127. The number of ether oxygens (including phenoxy) is 1. The number of carbonyl (C=O) groups is 1. The fraction of sp³-hybridized carbons (Fsp3) is 0.500. The maximum Gasteiger partial charge on any atom is 0.260 e. The van der Waals surface area contributed by atoms with E-state index in [0.717, 1.165) is 6.42 Å². The summed E-state index contributed by atoms with van der Waals surface area (Å²) in [5.41, 5.74) is 0.502. The van der Waals surface area contributed by atoms with Gasteiger partial charge in [0.1, 0.15) is 0 Å². The predicted octanol–water partition coefficient (Wildman–Crippen LogP) is 2.82. The number of amides is 1. The van der Waals surface area contributed by atoms with Gasteiger partial charge in [-0.15, -0.1) is 0 Å². The van der Waals surface area contributed by atoms with Crippen molar-refractivity contribution in [3.8, 4) is 5.75 Å². The van der Waals surface area contributed by atoms with Crippen LogP contribution >= 0.6 is 0 Å². The van der Waals surface area contributed by atoms with E-state index >= 15 is 0 Å². The second kappa shape index (κ2) is 6.38. The zero-order valence-corrected chi connectivity index (χ0v) is 11.3. The van der Waals surface area contributed by atoms with E-state index in [1.807, 2.05) is 13.8 Å². The molecule has 1 aromatic rings. The van der Waals surface area contributed by atoms with E-state index in [2.05, 4.69) is 5.32 Å². The van der Waals surface area contributed by atoms with Crippen molar-refractivity contribution in [2.75, 3.05) is 0 Å². The van der Waals surface area contributed by atoms with Gasteiger partial charge in [0.15, 0.2) is 17.7 Å². The number of carbonyl (C=O) groups excluding carboxylic acids is 1. The standard InChI is InChI=1S/C14H20FNO2/c1-5-10(3)16-14(17)11(4)18-12-8-6-7-9(2)13(12)15/h6-8,10-11H,5H2,1-4H3,(H,16,17). The van der Waals surface area contributed by atoms with Gasteiger partial charge in [-0.2, -0.15) is 0 Å². The van der Waals surface area contributed by atoms with Crippen LogP contribution in [-0.2, 0) is 4.79 Å².